The average Bonchev–Trinajstić information content (AvgIpc) is 2.55. The molecule has 1 heterocycles. The number of carbonyl (C=O) groups excluding carboxylic acids is 1. The summed E-state index contributed by atoms with van der Waals surface area (Å²) in [6.07, 6.45) is 1.91. The number of carbonyl (C=O) groups is 1. The first-order valence-corrected chi connectivity index (χ1v) is 7.12. The van der Waals surface area contributed by atoms with Crippen LogP contribution in [0, 0.1) is 0 Å². The minimum Gasteiger partial charge on any atom is -0.347 e. The van der Waals surface area contributed by atoms with Crippen LogP contribution in [0.2, 0.25) is 0 Å². The molecule has 0 aliphatic rings. The van der Waals surface area contributed by atoms with Crippen LogP contribution in [0.3, 0.4) is 0 Å². The standard InChI is InChI=1S/C11H17Br2N3O/c1-5-6-8-9(12)10(13)14-16(8)7(2)11(17)15(3)4/h7H,5-6H2,1-4H3. The Morgan fingerprint density at radius 3 is 2.53 bits per heavy atom. The molecule has 0 spiro atoms. The second kappa shape index (κ2) is 6.00. The molecule has 0 aliphatic heterocycles. The Morgan fingerprint density at radius 2 is 2.06 bits per heavy atom. The monoisotopic (exact) mass is 365 g/mol. The van der Waals surface area contributed by atoms with Gasteiger partial charge in [0.25, 0.3) is 0 Å². The molecular weight excluding hydrogens is 350 g/mol. The first kappa shape index (κ1) is 14.7. The Hall–Kier alpha value is -0.360. The van der Waals surface area contributed by atoms with E-state index in [0.717, 1.165) is 27.6 Å². The molecule has 1 amide bonds. The summed E-state index contributed by atoms with van der Waals surface area (Å²) in [4.78, 5) is 13.5. The van der Waals surface area contributed by atoms with E-state index < -0.39 is 0 Å². The molecule has 0 aliphatic carbocycles. The molecule has 4 nitrogen and oxygen atoms in total. The van der Waals surface area contributed by atoms with Crippen LogP contribution in [0.15, 0.2) is 9.08 Å². The highest BCUT2D eigenvalue weighted by Gasteiger charge is 2.23. The molecule has 0 bridgehead atoms. The number of hydrogen-bond donors (Lipinski definition) is 0. The number of aromatic nitrogens is 2. The highest BCUT2D eigenvalue weighted by molar-refractivity contribution is 9.13. The highest BCUT2D eigenvalue weighted by atomic mass is 79.9. The fourth-order valence-electron chi connectivity index (χ4n) is 1.68. The molecule has 1 unspecified atom stereocenters. The van der Waals surface area contributed by atoms with E-state index in [2.05, 4.69) is 43.9 Å². The topological polar surface area (TPSA) is 38.1 Å². The van der Waals surface area contributed by atoms with Gasteiger partial charge in [-0.1, -0.05) is 13.3 Å². The summed E-state index contributed by atoms with van der Waals surface area (Å²) >= 11 is 6.89. The van der Waals surface area contributed by atoms with Gasteiger partial charge in [-0.25, -0.2) is 0 Å². The van der Waals surface area contributed by atoms with Gasteiger partial charge in [0.15, 0.2) is 0 Å². The van der Waals surface area contributed by atoms with Crippen molar-refractivity contribution in [2.45, 2.75) is 32.7 Å². The Balaban J connectivity index is 3.12. The Kier molecular flexibility index (Phi) is 5.19. The van der Waals surface area contributed by atoms with E-state index in [1.807, 2.05) is 6.92 Å². The lowest BCUT2D eigenvalue weighted by Crippen LogP contribution is -2.31. The molecule has 0 radical (unpaired) electrons. The molecule has 0 aromatic carbocycles. The van der Waals surface area contributed by atoms with Gasteiger partial charge < -0.3 is 4.90 Å². The maximum Gasteiger partial charge on any atom is 0.246 e. The summed E-state index contributed by atoms with van der Waals surface area (Å²) < 4.78 is 3.48. The maximum atomic E-state index is 12.0. The van der Waals surface area contributed by atoms with E-state index in [9.17, 15) is 4.79 Å². The van der Waals surface area contributed by atoms with Gasteiger partial charge in [-0.3, -0.25) is 9.48 Å². The SMILES string of the molecule is CCCc1c(Br)c(Br)nn1C(C)C(=O)N(C)C. The summed E-state index contributed by atoms with van der Waals surface area (Å²) in [5, 5.41) is 4.37. The van der Waals surface area contributed by atoms with Crippen molar-refractivity contribution in [3.05, 3.63) is 14.8 Å². The van der Waals surface area contributed by atoms with E-state index in [4.69, 9.17) is 0 Å². The predicted molar refractivity (Wildman–Crippen MR) is 75.0 cm³/mol. The van der Waals surface area contributed by atoms with Crippen LogP contribution in [0.1, 0.15) is 32.0 Å². The van der Waals surface area contributed by atoms with Crippen LogP contribution < -0.4 is 0 Å². The third kappa shape index (κ3) is 3.10. The maximum absolute atomic E-state index is 12.0. The minimum absolute atomic E-state index is 0.0462. The number of halogens is 2. The van der Waals surface area contributed by atoms with Gasteiger partial charge in [0.05, 0.1) is 10.2 Å². The van der Waals surface area contributed by atoms with Crippen molar-refractivity contribution in [3.63, 3.8) is 0 Å². The quantitative estimate of drug-likeness (QED) is 0.821. The second-order valence-corrected chi connectivity index (χ2v) is 5.70. The zero-order valence-corrected chi connectivity index (χ0v) is 13.7. The minimum atomic E-state index is -0.283. The van der Waals surface area contributed by atoms with Crippen LogP contribution in [0.25, 0.3) is 0 Å². The Morgan fingerprint density at radius 1 is 1.47 bits per heavy atom. The van der Waals surface area contributed by atoms with Crippen molar-refractivity contribution in [1.29, 1.82) is 0 Å². The third-order valence-electron chi connectivity index (χ3n) is 2.56. The lowest BCUT2D eigenvalue weighted by Gasteiger charge is -2.19. The average molecular weight is 367 g/mol. The number of amides is 1. The van der Waals surface area contributed by atoms with Crippen LogP contribution in [-0.2, 0) is 11.2 Å². The van der Waals surface area contributed by atoms with Crippen LogP contribution >= 0.6 is 31.9 Å². The van der Waals surface area contributed by atoms with Crippen LogP contribution in [-0.4, -0.2) is 34.7 Å². The van der Waals surface area contributed by atoms with E-state index >= 15 is 0 Å². The van der Waals surface area contributed by atoms with E-state index in [0.29, 0.717) is 0 Å². The first-order valence-electron chi connectivity index (χ1n) is 5.53. The lowest BCUT2D eigenvalue weighted by molar-refractivity contribution is -0.132. The van der Waals surface area contributed by atoms with Crippen LogP contribution in [0.4, 0.5) is 0 Å². The van der Waals surface area contributed by atoms with Crippen LogP contribution in [0.5, 0.6) is 0 Å². The van der Waals surface area contributed by atoms with Crippen molar-refractivity contribution < 1.29 is 4.79 Å². The molecule has 1 aromatic heterocycles. The Bertz CT molecular complexity index is 415. The Labute approximate surface area is 119 Å². The molecule has 1 aromatic rings. The number of rotatable bonds is 4. The third-order valence-corrected chi connectivity index (χ3v) is 4.48. The van der Waals surface area contributed by atoms with Crippen molar-refractivity contribution in [2.24, 2.45) is 0 Å². The zero-order valence-electron chi connectivity index (χ0n) is 10.5. The van der Waals surface area contributed by atoms with Gasteiger partial charge in [-0.05, 0) is 45.2 Å². The summed E-state index contributed by atoms with van der Waals surface area (Å²) in [5.74, 6) is 0.0462. The molecule has 1 rings (SSSR count). The van der Waals surface area contributed by atoms with Gasteiger partial charge in [0.1, 0.15) is 10.6 Å². The highest BCUT2D eigenvalue weighted by Crippen LogP contribution is 2.29. The molecule has 96 valence electrons. The summed E-state index contributed by atoms with van der Waals surface area (Å²) in [5.41, 5.74) is 1.06. The van der Waals surface area contributed by atoms with Crippen molar-refractivity contribution in [1.82, 2.24) is 14.7 Å². The van der Waals surface area contributed by atoms with Crippen molar-refractivity contribution in [2.75, 3.05) is 14.1 Å². The normalized spacial score (nSPS) is 12.6. The fraction of sp³-hybridized carbons (Fsp3) is 0.636. The van der Waals surface area contributed by atoms with Gasteiger partial charge in [-0.2, -0.15) is 5.10 Å². The van der Waals surface area contributed by atoms with Crippen molar-refractivity contribution in [3.8, 4) is 0 Å². The smallest absolute Gasteiger partial charge is 0.246 e. The molecule has 1 atom stereocenters. The van der Waals surface area contributed by atoms with E-state index in [-0.39, 0.29) is 11.9 Å². The number of likely N-dealkylation sites (N-methyl/N-ethyl adjacent to an activating group) is 1. The van der Waals surface area contributed by atoms with Gasteiger partial charge in [-0.15, -0.1) is 0 Å². The number of nitrogens with zero attached hydrogens (tertiary/aromatic N) is 3. The molecule has 0 fully saturated rings. The predicted octanol–water partition coefficient (Wildman–Crippen LogP) is 3.01. The summed E-state index contributed by atoms with van der Waals surface area (Å²) in [6.45, 7) is 3.98. The molecular formula is C11H17Br2N3O. The van der Waals surface area contributed by atoms with Crippen molar-refractivity contribution >= 4 is 37.8 Å². The summed E-state index contributed by atoms with van der Waals surface area (Å²) in [7, 11) is 3.51. The van der Waals surface area contributed by atoms with Gasteiger partial charge in [0, 0.05) is 14.1 Å². The van der Waals surface area contributed by atoms with Gasteiger partial charge in [0.2, 0.25) is 5.91 Å². The van der Waals surface area contributed by atoms with E-state index in [1.165, 1.54) is 0 Å². The van der Waals surface area contributed by atoms with E-state index in [1.54, 1.807) is 23.7 Å². The second-order valence-electron chi connectivity index (χ2n) is 4.15. The lowest BCUT2D eigenvalue weighted by atomic mass is 10.2. The van der Waals surface area contributed by atoms with Gasteiger partial charge >= 0.3 is 0 Å². The molecule has 6 heteroatoms. The zero-order chi connectivity index (χ0) is 13.2. The number of hydrogen-bond acceptors (Lipinski definition) is 2. The molecule has 0 N–H and O–H groups in total. The fourth-order valence-corrected chi connectivity index (χ4v) is 2.54. The first-order chi connectivity index (χ1) is 7.90. The molecule has 17 heavy (non-hydrogen) atoms. The summed E-state index contributed by atoms with van der Waals surface area (Å²) in [6, 6.07) is -0.283. The largest absolute Gasteiger partial charge is 0.347 e. The molecule has 0 saturated heterocycles. The molecule has 0 saturated carbocycles.